The van der Waals surface area contributed by atoms with Gasteiger partial charge in [-0.15, -0.1) is 11.3 Å². The fraction of sp³-hybridized carbons (Fsp3) is 0.393. The van der Waals surface area contributed by atoms with Crippen LogP contribution in [0.2, 0.25) is 0 Å². The first kappa shape index (κ1) is 25.7. The maximum atomic E-state index is 14.0. The predicted octanol–water partition coefficient (Wildman–Crippen LogP) is 8.12. The molecular weight excluding hydrogens is 500 g/mol. The molecule has 4 aromatic rings. The number of anilines is 2. The summed E-state index contributed by atoms with van der Waals surface area (Å²) in [5.41, 5.74) is 2.03. The molecule has 196 valence electrons. The molecule has 1 aliphatic rings. The van der Waals surface area contributed by atoms with Crippen molar-refractivity contribution in [3.05, 3.63) is 76.7 Å². The Balaban J connectivity index is 1.36. The van der Waals surface area contributed by atoms with Crippen LogP contribution in [0.3, 0.4) is 0 Å². The summed E-state index contributed by atoms with van der Waals surface area (Å²) in [6, 6.07) is 10.8. The Morgan fingerprint density at radius 1 is 1.08 bits per heavy atom. The number of hydrogen-bond donors (Lipinski definition) is 1. The standard InChI is InChI=1S/C28H30F4N4S/c1-35-13-12-23-25(8-5-9-26(23)35)34-27-33-22(18-37-27)17-36(15-19-6-3-2-4-7-19)16-20-14-21(29)10-11-24(20)28(30,31)32/h5,8-14,18-19H,2-4,6-7,15-17H2,1H3,(H,33,34). The van der Waals surface area contributed by atoms with Crippen LogP contribution in [0.15, 0.2) is 54.0 Å². The van der Waals surface area contributed by atoms with Gasteiger partial charge in [-0.3, -0.25) is 4.90 Å². The van der Waals surface area contributed by atoms with Crippen molar-refractivity contribution in [1.82, 2.24) is 14.5 Å². The normalized spacial score (nSPS) is 15.1. The zero-order chi connectivity index (χ0) is 26.0. The number of alkyl halides is 3. The summed E-state index contributed by atoms with van der Waals surface area (Å²) in [6.45, 7) is 1.09. The number of thiazole rings is 1. The minimum Gasteiger partial charge on any atom is -0.350 e. The molecule has 4 nitrogen and oxygen atoms in total. The van der Waals surface area contributed by atoms with E-state index in [-0.39, 0.29) is 12.1 Å². The van der Waals surface area contributed by atoms with Crippen LogP contribution in [0.1, 0.15) is 48.9 Å². The first-order valence-electron chi connectivity index (χ1n) is 12.6. The molecule has 0 saturated heterocycles. The monoisotopic (exact) mass is 530 g/mol. The van der Waals surface area contributed by atoms with Gasteiger partial charge in [0.2, 0.25) is 0 Å². The molecule has 1 N–H and O–H groups in total. The SMILES string of the molecule is Cn1ccc2c(Nc3nc(CN(Cc4cc(F)ccc4C(F)(F)F)CC4CCCCC4)cs3)cccc21. The lowest BCUT2D eigenvalue weighted by molar-refractivity contribution is -0.138. The Morgan fingerprint density at radius 2 is 1.89 bits per heavy atom. The van der Waals surface area contributed by atoms with E-state index in [1.807, 2.05) is 35.7 Å². The second-order valence-electron chi connectivity index (χ2n) is 9.91. The summed E-state index contributed by atoms with van der Waals surface area (Å²) in [5, 5.41) is 7.16. The first-order chi connectivity index (χ1) is 17.8. The van der Waals surface area contributed by atoms with E-state index >= 15 is 0 Å². The van der Waals surface area contributed by atoms with Crippen molar-refractivity contribution in [2.45, 2.75) is 51.4 Å². The molecule has 5 rings (SSSR count). The third-order valence-electron chi connectivity index (χ3n) is 7.11. The van der Waals surface area contributed by atoms with E-state index in [1.54, 1.807) is 0 Å². The van der Waals surface area contributed by atoms with E-state index in [2.05, 4.69) is 22.0 Å². The van der Waals surface area contributed by atoms with Crippen molar-refractivity contribution in [2.24, 2.45) is 13.0 Å². The molecule has 0 bridgehead atoms. The molecule has 1 aliphatic carbocycles. The summed E-state index contributed by atoms with van der Waals surface area (Å²) >= 11 is 1.47. The number of nitrogens with one attached hydrogen (secondary N) is 1. The molecule has 2 aromatic carbocycles. The van der Waals surface area contributed by atoms with Crippen LogP contribution in [0, 0.1) is 11.7 Å². The molecule has 0 amide bonds. The first-order valence-corrected chi connectivity index (χ1v) is 13.5. The van der Waals surface area contributed by atoms with E-state index in [0.29, 0.717) is 19.0 Å². The topological polar surface area (TPSA) is 33.1 Å². The Kier molecular flexibility index (Phi) is 7.53. The second kappa shape index (κ2) is 10.8. The summed E-state index contributed by atoms with van der Waals surface area (Å²) in [5.74, 6) is -0.237. The minimum absolute atomic E-state index is 0.0206. The smallest absolute Gasteiger partial charge is 0.350 e. The number of rotatable bonds is 8. The molecule has 2 aromatic heterocycles. The van der Waals surface area contributed by atoms with Crippen LogP contribution in [0.5, 0.6) is 0 Å². The summed E-state index contributed by atoms with van der Waals surface area (Å²) in [6.07, 6.45) is 3.09. The van der Waals surface area contributed by atoms with Crippen LogP contribution in [0.4, 0.5) is 28.4 Å². The summed E-state index contributed by atoms with van der Waals surface area (Å²) in [7, 11) is 2.00. The number of benzene rings is 2. The van der Waals surface area contributed by atoms with Crippen LogP contribution in [0.25, 0.3) is 10.9 Å². The lowest BCUT2D eigenvalue weighted by Crippen LogP contribution is -2.31. The largest absolute Gasteiger partial charge is 0.416 e. The van der Waals surface area contributed by atoms with Gasteiger partial charge in [-0.2, -0.15) is 13.2 Å². The number of hydrogen-bond acceptors (Lipinski definition) is 4. The van der Waals surface area contributed by atoms with Crippen molar-refractivity contribution < 1.29 is 17.6 Å². The number of aromatic nitrogens is 2. The van der Waals surface area contributed by atoms with Crippen LogP contribution < -0.4 is 5.32 Å². The average molecular weight is 531 g/mol. The van der Waals surface area contributed by atoms with Crippen LogP contribution in [-0.4, -0.2) is 21.0 Å². The molecule has 0 spiro atoms. The number of halogens is 4. The zero-order valence-corrected chi connectivity index (χ0v) is 21.5. The highest BCUT2D eigenvalue weighted by atomic mass is 32.1. The van der Waals surface area contributed by atoms with Crippen molar-refractivity contribution in [3.8, 4) is 0 Å². The van der Waals surface area contributed by atoms with Gasteiger partial charge in [0.25, 0.3) is 0 Å². The number of nitrogens with zero attached hydrogens (tertiary/aromatic N) is 3. The van der Waals surface area contributed by atoms with Gasteiger partial charge >= 0.3 is 6.18 Å². The predicted molar refractivity (Wildman–Crippen MR) is 140 cm³/mol. The van der Waals surface area contributed by atoms with Gasteiger partial charge in [-0.05, 0) is 60.7 Å². The molecule has 0 radical (unpaired) electrons. The second-order valence-corrected chi connectivity index (χ2v) is 10.8. The number of fused-ring (bicyclic) bond motifs is 1. The van der Waals surface area contributed by atoms with E-state index < -0.39 is 17.6 Å². The molecule has 0 aliphatic heterocycles. The van der Waals surface area contributed by atoms with Crippen molar-refractivity contribution in [2.75, 3.05) is 11.9 Å². The molecule has 2 heterocycles. The lowest BCUT2D eigenvalue weighted by atomic mass is 9.88. The van der Waals surface area contributed by atoms with Crippen molar-refractivity contribution in [1.29, 1.82) is 0 Å². The highest BCUT2D eigenvalue weighted by Gasteiger charge is 2.34. The lowest BCUT2D eigenvalue weighted by Gasteiger charge is -2.30. The Hall–Kier alpha value is -2.91. The summed E-state index contributed by atoms with van der Waals surface area (Å²) in [4.78, 5) is 6.74. The zero-order valence-electron chi connectivity index (χ0n) is 20.7. The van der Waals surface area contributed by atoms with Gasteiger partial charge in [0, 0.05) is 54.8 Å². The van der Waals surface area contributed by atoms with Crippen molar-refractivity contribution >= 4 is 33.1 Å². The van der Waals surface area contributed by atoms with Gasteiger partial charge in [-0.25, -0.2) is 9.37 Å². The van der Waals surface area contributed by atoms with E-state index in [4.69, 9.17) is 4.98 Å². The Labute approximate surface area is 217 Å². The minimum atomic E-state index is -4.53. The maximum Gasteiger partial charge on any atom is 0.416 e. The molecule has 0 unspecified atom stereocenters. The summed E-state index contributed by atoms with van der Waals surface area (Å²) < 4.78 is 57.1. The highest BCUT2D eigenvalue weighted by Crippen LogP contribution is 2.34. The van der Waals surface area contributed by atoms with E-state index in [1.165, 1.54) is 17.8 Å². The fourth-order valence-electron chi connectivity index (χ4n) is 5.32. The molecule has 1 saturated carbocycles. The fourth-order valence-corrected chi connectivity index (χ4v) is 6.04. The molecule has 37 heavy (non-hydrogen) atoms. The Morgan fingerprint density at radius 3 is 2.68 bits per heavy atom. The van der Waals surface area contributed by atoms with Gasteiger partial charge in [0.15, 0.2) is 5.13 Å². The Bertz CT molecular complexity index is 1350. The van der Waals surface area contributed by atoms with Gasteiger partial charge in [-0.1, -0.05) is 25.3 Å². The van der Waals surface area contributed by atoms with Crippen LogP contribution >= 0.6 is 11.3 Å². The highest BCUT2D eigenvalue weighted by molar-refractivity contribution is 7.13. The third-order valence-corrected chi connectivity index (χ3v) is 7.92. The maximum absolute atomic E-state index is 14.0. The molecule has 0 atom stereocenters. The molecular formula is C28H30F4N4S. The molecule has 9 heteroatoms. The third kappa shape index (κ3) is 6.15. The molecule has 1 fully saturated rings. The quantitative estimate of drug-likeness (QED) is 0.234. The average Bonchev–Trinajstić information content (AvgIpc) is 3.46. The van der Waals surface area contributed by atoms with Gasteiger partial charge in [0.1, 0.15) is 5.82 Å². The van der Waals surface area contributed by atoms with E-state index in [9.17, 15) is 17.6 Å². The van der Waals surface area contributed by atoms with Crippen molar-refractivity contribution in [3.63, 3.8) is 0 Å². The van der Waals surface area contributed by atoms with E-state index in [0.717, 1.165) is 71.3 Å². The van der Waals surface area contributed by atoms with Crippen LogP contribution in [-0.2, 0) is 26.3 Å². The number of aryl methyl sites for hydroxylation is 1. The van der Waals surface area contributed by atoms with Gasteiger partial charge in [0.05, 0.1) is 11.3 Å². The van der Waals surface area contributed by atoms with Gasteiger partial charge < -0.3 is 9.88 Å².